The number of hydrogen-bond donors (Lipinski definition) is 1. The SMILES string of the molecule is COc1ccc(/C=N\Nc2nc(C)cs2)cc1. The third-order valence-electron chi connectivity index (χ3n) is 2.11. The summed E-state index contributed by atoms with van der Waals surface area (Å²) in [6.07, 6.45) is 1.75. The van der Waals surface area contributed by atoms with Crippen LogP contribution in [0.1, 0.15) is 11.3 Å². The van der Waals surface area contributed by atoms with E-state index in [0.717, 1.165) is 22.1 Å². The van der Waals surface area contributed by atoms with Crippen LogP contribution in [0.15, 0.2) is 34.7 Å². The van der Waals surface area contributed by atoms with Gasteiger partial charge in [0.25, 0.3) is 0 Å². The second-order valence-corrected chi connectivity index (χ2v) is 4.30. The van der Waals surface area contributed by atoms with Crippen LogP contribution in [0.5, 0.6) is 5.75 Å². The fourth-order valence-corrected chi connectivity index (χ4v) is 1.89. The van der Waals surface area contributed by atoms with E-state index in [1.54, 1.807) is 13.3 Å². The lowest BCUT2D eigenvalue weighted by Gasteiger charge is -1.98. The highest BCUT2D eigenvalue weighted by molar-refractivity contribution is 7.13. The Morgan fingerprint density at radius 1 is 1.35 bits per heavy atom. The molecule has 0 saturated heterocycles. The van der Waals surface area contributed by atoms with Crippen molar-refractivity contribution >= 4 is 22.7 Å². The van der Waals surface area contributed by atoms with Gasteiger partial charge in [-0.05, 0) is 36.8 Å². The number of nitrogens with zero attached hydrogens (tertiary/aromatic N) is 2. The summed E-state index contributed by atoms with van der Waals surface area (Å²) in [5.74, 6) is 0.839. The van der Waals surface area contributed by atoms with Crippen LogP contribution in [-0.2, 0) is 0 Å². The predicted molar refractivity (Wildman–Crippen MR) is 71.1 cm³/mol. The monoisotopic (exact) mass is 247 g/mol. The molecule has 5 heteroatoms. The molecule has 0 atom stereocenters. The molecule has 1 aromatic heterocycles. The molecule has 88 valence electrons. The van der Waals surface area contributed by atoms with E-state index in [9.17, 15) is 0 Å². The summed E-state index contributed by atoms with van der Waals surface area (Å²) >= 11 is 1.53. The van der Waals surface area contributed by atoms with Gasteiger partial charge in [-0.2, -0.15) is 5.10 Å². The predicted octanol–water partition coefficient (Wildman–Crippen LogP) is 2.91. The van der Waals surface area contributed by atoms with Crippen LogP contribution in [0, 0.1) is 6.92 Å². The summed E-state index contributed by atoms with van der Waals surface area (Å²) in [5.41, 5.74) is 4.89. The minimum absolute atomic E-state index is 0.798. The number of anilines is 1. The summed E-state index contributed by atoms with van der Waals surface area (Å²) in [5, 5.41) is 6.89. The van der Waals surface area contributed by atoms with Crippen LogP contribution in [0.2, 0.25) is 0 Å². The number of rotatable bonds is 4. The quantitative estimate of drug-likeness (QED) is 0.667. The second-order valence-electron chi connectivity index (χ2n) is 3.44. The topological polar surface area (TPSA) is 46.5 Å². The van der Waals surface area contributed by atoms with Crippen molar-refractivity contribution < 1.29 is 4.74 Å². The Labute approximate surface area is 104 Å². The Hall–Kier alpha value is -1.88. The van der Waals surface area contributed by atoms with Gasteiger partial charge in [0.15, 0.2) is 0 Å². The Morgan fingerprint density at radius 3 is 2.71 bits per heavy atom. The first-order chi connectivity index (χ1) is 8.28. The standard InChI is InChI=1S/C12H13N3OS/c1-9-8-17-12(14-9)15-13-7-10-3-5-11(16-2)6-4-10/h3-8H,1-2H3,(H,14,15)/b13-7-. The van der Waals surface area contributed by atoms with Gasteiger partial charge < -0.3 is 4.74 Å². The largest absolute Gasteiger partial charge is 0.497 e. The van der Waals surface area contributed by atoms with Crippen LogP contribution >= 0.6 is 11.3 Å². The van der Waals surface area contributed by atoms with Crippen LogP contribution < -0.4 is 10.2 Å². The number of thiazole rings is 1. The Bertz CT molecular complexity index is 505. The third kappa shape index (κ3) is 3.29. The van der Waals surface area contributed by atoms with E-state index < -0.39 is 0 Å². The van der Waals surface area contributed by atoms with Crippen molar-refractivity contribution in [2.75, 3.05) is 12.5 Å². The zero-order valence-corrected chi connectivity index (χ0v) is 10.5. The van der Waals surface area contributed by atoms with Crippen LogP contribution in [0.3, 0.4) is 0 Å². The van der Waals surface area contributed by atoms with E-state index >= 15 is 0 Å². The molecule has 0 unspecified atom stereocenters. The zero-order chi connectivity index (χ0) is 12.1. The lowest BCUT2D eigenvalue weighted by Crippen LogP contribution is -1.90. The first-order valence-electron chi connectivity index (χ1n) is 5.13. The Balaban J connectivity index is 1.95. The molecule has 0 aliphatic carbocycles. The molecule has 1 heterocycles. The number of aromatic nitrogens is 1. The molecule has 0 amide bonds. The van der Waals surface area contributed by atoms with E-state index in [2.05, 4.69) is 15.5 Å². The molecular formula is C12H13N3OS. The van der Waals surface area contributed by atoms with Gasteiger partial charge in [-0.3, -0.25) is 5.43 Å². The number of hydrazone groups is 1. The summed E-state index contributed by atoms with van der Waals surface area (Å²) in [6.45, 7) is 1.95. The van der Waals surface area contributed by atoms with Gasteiger partial charge in [0, 0.05) is 5.38 Å². The van der Waals surface area contributed by atoms with E-state index in [0.29, 0.717) is 0 Å². The van der Waals surface area contributed by atoms with Crippen LogP contribution in [0.4, 0.5) is 5.13 Å². The summed E-state index contributed by atoms with van der Waals surface area (Å²) in [4.78, 5) is 4.24. The zero-order valence-electron chi connectivity index (χ0n) is 9.68. The maximum Gasteiger partial charge on any atom is 0.203 e. The fraction of sp³-hybridized carbons (Fsp3) is 0.167. The first-order valence-corrected chi connectivity index (χ1v) is 6.01. The van der Waals surface area contributed by atoms with Gasteiger partial charge >= 0.3 is 0 Å². The number of benzene rings is 1. The van der Waals surface area contributed by atoms with Gasteiger partial charge in [0.05, 0.1) is 19.0 Å². The molecule has 0 aliphatic rings. The van der Waals surface area contributed by atoms with Gasteiger partial charge in [0.1, 0.15) is 5.75 Å². The van der Waals surface area contributed by atoms with Crippen molar-refractivity contribution in [3.05, 3.63) is 40.9 Å². The molecule has 2 aromatic rings. The molecule has 1 aromatic carbocycles. The van der Waals surface area contributed by atoms with E-state index in [4.69, 9.17) is 4.74 Å². The van der Waals surface area contributed by atoms with Crippen LogP contribution in [-0.4, -0.2) is 18.3 Å². The van der Waals surface area contributed by atoms with E-state index in [1.807, 2.05) is 36.6 Å². The molecule has 4 nitrogen and oxygen atoms in total. The van der Waals surface area contributed by atoms with Crippen molar-refractivity contribution in [3.8, 4) is 5.75 Å². The molecule has 1 N–H and O–H groups in total. The minimum atomic E-state index is 0.798. The molecule has 2 rings (SSSR count). The number of ether oxygens (including phenoxy) is 1. The number of aryl methyl sites for hydroxylation is 1. The maximum atomic E-state index is 5.08. The second kappa shape index (κ2) is 5.45. The highest BCUT2D eigenvalue weighted by atomic mass is 32.1. The lowest BCUT2D eigenvalue weighted by atomic mass is 10.2. The van der Waals surface area contributed by atoms with Gasteiger partial charge in [-0.25, -0.2) is 4.98 Å². The lowest BCUT2D eigenvalue weighted by molar-refractivity contribution is 0.415. The highest BCUT2D eigenvalue weighted by Crippen LogP contribution is 2.14. The Morgan fingerprint density at radius 2 is 2.12 bits per heavy atom. The molecule has 0 spiro atoms. The third-order valence-corrected chi connectivity index (χ3v) is 2.97. The Kier molecular flexibility index (Phi) is 3.72. The maximum absolute atomic E-state index is 5.08. The van der Waals surface area contributed by atoms with Crippen molar-refractivity contribution in [1.82, 2.24) is 4.98 Å². The van der Waals surface area contributed by atoms with Gasteiger partial charge in [-0.1, -0.05) is 0 Å². The van der Waals surface area contributed by atoms with Crippen molar-refractivity contribution in [1.29, 1.82) is 0 Å². The number of methoxy groups -OCH3 is 1. The molecule has 0 fully saturated rings. The molecule has 0 bridgehead atoms. The van der Waals surface area contributed by atoms with Crippen molar-refractivity contribution in [2.24, 2.45) is 5.10 Å². The van der Waals surface area contributed by atoms with Crippen LogP contribution in [0.25, 0.3) is 0 Å². The van der Waals surface area contributed by atoms with Gasteiger partial charge in [-0.15, -0.1) is 11.3 Å². The molecule has 17 heavy (non-hydrogen) atoms. The average Bonchev–Trinajstić information content (AvgIpc) is 2.76. The summed E-state index contributed by atoms with van der Waals surface area (Å²) in [7, 11) is 1.65. The highest BCUT2D eigenvalue weighted by Gasteiger charge is 1.94. The molecule has 0 radical (unpaired) electrons. The normalized spacial score (nSPS) is 10.7. The van der Waals surface area contributed by atoms with Gasteiger partial charge in [0.2, 0.25) is 5.13 Å². The fourth-order valence-electron chi connectivity index (χ4n) is 1.26. The van der Waals surface area contributed by atoms with Crippen molar-refractivity contribution in [2.45, 2.75) is 6.92 Å². The molecule has 0 saturated carbocycles. The minimum Gasteiger partial charge on any atom is -0.497 e. The molecular weight excluding hydrogens is 234 g/mol. The number of nitrogens with one attached hydrogen (secondary N) is 1. The number of hydrogen-bond acceptors (Lipinski definition) is 5. The van der Waals surface area contributed by atoms with E-state index in [1.165, 1.54) is 11.3 Å². The van der Waals surface area contributed by atoms with E-state index in [-0.39, 0.29) is 0 Å². The summed E-state index contributed by atoms with van der Waals surface area (Å²) in [6, 6.07) is 7.68. The first kappa shape index (κ1) is 11.6. The summed E-state index contributed by atoms with van der Waals surface area (Å²) < 4.78 is 5.08. The average molecular weight is 247 g/mol. The molecule has 0 aliphatic heterocycles. The smallest absolute Gasteiger partial charge is 0.203 e. The van der Waals surface area contributed by atoms with Crippen molar-refractivity contribution in [3.63, 3.8) is 0 Å².